The number of rotatable bonds is 7. The van der Waals surface area contributed by atoms with E-state index in [1.54, 1.807) is 6.21 Å². The Morgan fingerprint density at radius 2 is 1.77 bits per heavy atom. The van der Waals surface area contributed by atoms with E-state index >= 15 is 0 Å². The Morgan fingerprint density at radius 3 is 2.37 bits per heavy atom. The number of hydrogen-bond acceptors (Lipinski definition) is 6. The third-order valence-electron chi connectivity index (χ3n) is 4.65. The summed E-state index contributed by atoms with van der Waals surface area (Å²) in [5.41, 5.74) is 5.85. The second-order valence-electron chi connectivity index (χ2n) is 8.06. The summed E-state index contributed by atoms with van der Waals surface area (Å²) in [6.45, 7) is 9.68. The lowest BCUT2D eigenvalue weighted by Crippen LogP contribution is -2.28. The van der Waals surface area contributed by atoms with E-state index in [1.807, 2.05) is 39.0 Å². The van der Waals surface area contributed by atoms with E-state index in [4.69, 9.17) is 0 Å². The van der Waals surface area contributed by atoms with Crippen molar-refractivity contribution in [2.24, 2.45) is 5.10 Å². The predicted molar refractivity (Wildman–Crippen MR) is 122 cm³/mol. The van der Waals surface area contributed by atoms with Crippen molar-refractivity contribution in [1.82, 2.24) is 15.2 Å². The average Bonchev–Trinajstić information content (AvgIpc) is 2.72. The molecular weight excluding hydrogens is 376 g/mol. The minimum atomic E-state index is -0.364. The number of nitrogens with zero attached hydrogens (tertiary/aromatic N) is 4. The molecule has 0 bridgehead atoms. The van der Waals surface area contributed by atoms with Gasteiger partial charge in [-0.3, -0.25) is 9.78 Å². The van der Waals surface area contributed by atoms with E-state index in [0.717, 1.165) is 24.3 Å². The van der Waals surface area contributed by atoms with E-state index in [1.165, 1.54) is 5.56 Å². The standard InChI is InChI=1S/C23H28N6O/c1-5-29(16-18-9-7-6-8-10-18)19-13-11-17(12-14-19)15-24-27-22-25-21(30)20(26-28-22)23(2,3)4/h6-15H,5,16H2,1-4H3,(H2,25,27,28,30)/b24-15+. The molecule has 3 rings (SSSR count). The van der Waals surface area contributed by atoms with E-state index < -0.39 is 0 Å². The van der Waals surface area contributed by atoms with Gasteiger partial charge in [0.25, 0.3) is 5.56 Å². The molecule has 7 heteroatoms. The molecule has 7 nitrogen and oxygen atoms in total. The van der Waals surface area contributed by atoms with Crippen LogP contribution in [0.2, 0.25) is 0 Å². The van der Waals surface area contributed by atoms with Gasteiger partial charge in [0.1, 0.15) is 5.69 Å². The molecule has 0 aliphatic carbocycles. The van der Waals surface area contributed by atoms with Crippen molar-refractivity contribution in [1.29, 1.82) is 0 Å². The summed E-state index contributed by atoms with van der Waals surface area (Å²) in [4.78, 5) is 17.1. The number of anilines is 2. The summed E-state index contributed by atoms with van der Waals surface area (Å²) in [6.07, 6.45) is 1.68. The summed E-state index contributed by atoms with van der Waals surface area (Å²) in [7, 11) is 0. The molecular formula is C23H28N6O. The lowest BCUT2D eigenvalue weighted by molar-refractivity contribution is 0.547. The largest absolute Gasteiger partial charge is 0.367 e. The van der Waals surface area contributed by atoms with Crippen molar-refractivity contribution in [3.05, 3.63) is 81.8 Å². The molecule has 30 heavy (non-hydrogen) atoms. The topological polar surface area (TPSA) is 86.3 Å². The van der Waals surface area contributed by atoms with E-state index in [9.17, 15) is 4.79 Å². The van der Waals surface area contributed by atoms with Crippen LogP contribution in [0.5, 0.6) is 0 Å². The first-order valence-electron chi connectivity index (χ1n) is 10.0. The van der Waals surface area contributed by atoms with Gasteiger partial charge >= 0.3 is 0 Å². The normalized spacial score (nSPS) is 11.6. The Morgan fingerprint density at radius 1 is 1.07 bits per heavy atom. The molecule has 0 spiro atoms. The Bertz CT molecular complexity index is 1040. The highest BCUT2D eigenvalue weighted by Gasteiger charge is 2.20. The number of hydrazone groups is 1. The van der Waals surface area contributed by atoms with Gasteiger partial charge in [-0.15, -0.1) is 10.2 Å². The smallest absolute Gasteiger partial charge is 0.274 e. The van der Waals surface area contributed by atoms with Crippen LogP contribution in [0.4, 0.5) is 11.6 Å². The minimum absolute atomic E-state index is 0.209. The van der Waals surface area contributed by atoms with Crippen LogP contribution in [0.3, 0.4) is 0 Å². The number of aromatic nitrogens is 3. The van der Waals surface area contributed by atoms with Crippen molar-refractivity contribution < 1.29 is 0 Å². The predicted octanol–water partition coefficient (Wildman–Crippen LogP) is 3.93. The zero-order valence-electron chi connectivity index (χ0n) is 17.9. The summed E-state index contributed by atoms with van der Waals surface area (Å²) >= 11 is 0. The Kier molecular flexibility index (Phi) is 6.61. The van der Waals surface area contributed by atoms with E-state index in [-0.39, 0.29) is 16.9 Å². The van der Waals surface area contributed by atoms with Gasteiger partial charge in [-0.2, -0.15) is 5.10 Å². The molecule has 0 atom stereocenters. The summed E-state index contributed by atoms with van der Waals surface area (Å²) < 4.78 is 0. The third kappa shape index (κ3) is 5.53. The average molecular weight is 405 g/mol. The number of nitrogens with one attached hydrogen (secondary N) is 2. The Hall–Kier alpha value is -3.48. The number of H-pyrrole nitrogens is 1. The lowest BCUT2D eigenvalue weighted by Gasteiger charge is -2.23. The summed E-state index contributed by atoms with van der Waals surface area (Å²) in [6, 6.07) is 18.6. The molecule has 3 aromatic rings. The van der Waals surface area contributed by atoms with Crippen LogP contribution < -0.4 is 15.9 Å². The second-order valence-corrected chi connectivity index (χ2v) is 8.06. The van der Waals surface area contributed by atoms with Crippen molar-refractivity contribution in [3.8, 4) is 0 Å². The number of aromatic amines is 1. The van der Waals surface area contributed by atoms with Gasteiger partial charge in [0.15, 0.2) is 0 Å². The maximum absolute atomic E-state index is 12.1. The molecule has 0 aliphatic rings. The highest BCUT2D eigenvalue weighted by molar-refractivity contribution is 5.80. The molecule has 2 N–H and O–H groups in total. The number of hydrogen-bond donors (Lipinski definition) is 2. The molecule has 0 radical (unpaired) electrons. The molecule has 0 aliphatic heterocycles. The van der Waals surface area contributed by atoms with Crippen LogP contribution in [0.25, 0.3) is 0 Å². The van der Waals surface area contributed by atoms with Crippen LogP contribution in [0.1, 0.15) is 44.5 Å². The fourth-order valence-corrected chi connectivity index (χ4v) is 3.01. The zero-order valence-corrected chi connectivity index (χ0v) is 17.9. The van der Waals surface area contributed by atoms with Gasteiger partial charge in [-0.1, -0.05) is 63.2 Å². The first-order chi connectivity index (χ1) is 14.4. The van der Waals surface area contributed by atoms with Crippen molar-refractivity contribution in [2.75, 3.05) is 16.9 Å². The number of benzene rings is 2. The van der Waals surface area contributed by atoms with Crippen LogP contribution in [0.15, 0.2) is 64.5 Å². The summed E-state index contributed by atoms with van der Waals surface area (Å²) in [5, 5.41) is 12.1. The van der Waals surface area contributed by atoms with Gasteiger partial charge in [-0.05, 0) is 30.2 Å². The molecule has 0 fully saturated rings. The van der Waals surface area contributed by atoms with Gasteiger partial charge in [-0.25, -0.2) is 5.43 Å². The molecule has 0 saturated heterocycles. The summed E-state index contributed by atoms with van der Waals surface area (Å²) in [5.74, 6) is 0.209. The monoisotopic (exact) mass is 404 g/mol. The SMILES string of the molecule is CCN(Cc1ccccc1)c1ccc(/C=N/Nc2nnc(C(C)(C)C)c(=O)[nH]2)cc1. The molecule has 156 valence electrons. The maximum Gasteiger partial charge on any atom is 0.274 e. The Balaban J connectivity index is 1.63. The highest BCUT2D eigenvalue weighted by Crippen LogP contribution is 2.18. The quantitative estimate of drug-likeness (QED) is 0.460. The van der Waals surface area contributed by atoms with E-state index in [2.05, 4.69) is 73.9 Å². The molecule has 1 aromatic heterocycles. The van der Waals surface area contributed by atoms with Crippen molar-refractivity contribution in [3.63, 3.8) is 0 Å². The van der Waals surface area contributed by atoms with Gasteiger partial charge in [0.05, 0.1) is 6.21 Å². The third-order valence-corrected chi connectivity index (χ3v) is 4.65. The lowest BCUT2D eigenvalue weighted by atomic mass is 9.93. The van der Waals surface area contributed by atoms with Crippen molar-refractivity contribution >= 4 is 17.9 Å². The van der Waals surface area contributed by atoms with Gasteiger partial charge < -0.3 is 4.90 Å². The fourth-order valence-electron chi connectivity index (χ4n) is 3.01. The van der Waals surface area contributed by atoms with Crippen LogP contribution >= 0.6 is 0 Å². The van der Waals surface area contributed by atoms with E-state index in [0.29, 0.717) is 5.69 Å². The van der Waals surface area contributed by atoms with Crippen LogP contribution in [-0.4, -0.2) is 27.9 Å². The zero-order chi connectivity index (χ0) is 21.6. The van der Waals surface area contributed by atoms with Crippen LogP contribution in [0, 0.1) is 0 Å². The molecule has 0 unspecified atom stereocenters. The molecule has 0 saturated carbocycles. The first-order valence-corrected chi connectivity index (χ1v) is 10.0. The van der Waals surface area contributed by atoms with Gasteiger partial charge in [0, 0.05) is 24.2 Å². The Labute approximate surface area is 176 Å². The van der Waals surface area contributed by atoms with Crippen molar-refractivity contribution in [2.45, 2.75) is 39.7 Å². The van der Waals surface area contributed by atoms with Gasteiger partial charge in [0.2, 0.25) is 5.95 Å². The highest BCUT2D eigenvalue weighted by atomic mass is 16.1. The molecule has 1 heterocycles. The minimum Gasteiger partial charge on any atom is -0.367 e. The van der Waals surface area contributed by atoms with Crippen LogP contribution in [-0.2, 0) is 12.0 Å². The molecule has 2 aromatic carbocycles. The second kappa shape index (κ2) is 9.35. The maximum atomic E-state index is 12.1. The fraction of sp³-hybridized carbons (Fsp3) is 0.304. The molecule has 0 amide bonds. The first kappa shape index (κ1) is 21.2.